The zero-order chi connectivity index (χ0) is 14.0. The Balaban J connectivity index is 2.28. The molecule has 0 heterocycles. The van der Waals surface area contributed by atoms with Gasteiger partial charge in [-0.2, -0.15) is 0 Å². The predicted molar refractivity (Wildman–Crippen MR) is 83.7 cm³/mol. The summed E-state index contributed by atoms with van der Waals surface area (Å²) < 4.78 is 7.74. The van der Waals surface area contributed by atoms with E-state index in [0.29, 0.717) is 0 Å². The van der Waals surface area contributed by atoms with E-state index < -0.39 is 6.10 Å². The maximum atomic E-state index is 9.54. The fourth-order valence-corrected chi connectivity index (χ4v) is 2.66. The molecule has 0 saturated heterocycles. The first-order valence-corrected chi connectivity index (χ1v) is 7.47. The fourth-order valence-electron chi connectivity index (χ4n) is 1.71. The van der Waals surface area contributed by atoms with Crippen LogP contribution in [0.15, 0.2) is 45.3 Å². The van der Waals surface area contributed by atoms with Crippen LogP contribution in [0.5, 0.6) is 11.5 Å². The van der Waals surface area contributed by atoms with Crippen molar-refractivity contribution in [2.24, 2.45) is 0 Å². The third-order valence-electron chi connectivity index (χ3n) is 2.80. The summed E-state index contributed by atoms with van der Waals surface area (Å²) in [7, 11) is 0. The molecular formula is C15H14Br2O2. The molecule has 0 amide bonds. The zero-order valence-electron chi connectivity index (χ0n) is 10.7. The third-order valence-corrected chi connectivity index (χ3v) is 3.91. The maximum Gasteiger partial charge on any atom is 0.141 e. The highest BCUT2D eigenvalue weighted by Gasteiger charge is 2.08. The van der Waals surface area contributed by atoms with Crippen molar-refractivity contribution in [3.8, 4) is 11.5 Å². The van der Waals surface area contributed by atoms with Crippen molar-refractivity contribution in [1.29, 1.82) is 0 Å². The van der Waals surface area contributed by atoms with Crippen molar-refractivity contribution in [3.05, 3.63) is 56.5 Å². The molecule has 0 aliphatic carbocycles. The van der Waals surface area contributed by atoms with E-state index in [1.165, 1.54) is 0 Å². The molecule has 2 nitrogen and oxygen atoms in total. The average molecular weight is 386 g/mol. The molecule has 0 fully saturated rings. The van der Waals surface area contributed by atoms with E-state index >= 15 is 0 Å². The van der Waals surface area contributed by atoms with Gasteiger partial charge in [-0.3, -0.25) is 0 Å². The summed E-state index contributed by atoms with van der Waals surface area (Å²) in [5, 5.41) is 9.54. The van der Waals surface area contributed by atoms with Crippen molar-refractivity contribution < 1.29 is 9.84 Å². The lowest BCUT2D eigenvalue weighted by Gasteiger charge is -2.12. The Hall–Kier alpha value is -0.840. The summed E-state index contributed by atoms with van der Waals surface area (Å²) in [5.74, 6) is 1.54. The van der Waals surface area contributed by atoms with E-state index in [2.05, 4.69) is 31.9 Å². The summed E-state index contributed by atoms with van der Waals surface area (Å²) >= 11 is 6.90. The van der Waals surface area contributed by atoms with Crippen LogP contribution in [-0.4, -0.2) is 5.11 Å². The summed E-state index contributed by atoms with van der Waals surface area (Å²) in [6.45, 7) is 3.74. The van der Waals surface area contributed by atoms with Crippen LogP contribution in [-0.2, 0) is 0 Å². The number of aliphatic hydroxyl groups is 1. The quantitative estimate of drug-likeness (QED) is 0.769. The minimum atomic E-state index is -0.486. The van der Waals surface area contributed by atoms with E-state index in [1.54, 1.807) is 6.92 Å². The number of ether oxygens (including phenoxy) is 1. The van der Waals surface area contributed by atoms with Gasteiger partial charge < -0.3 is 9.84 Å². The van der Waals surface area contributed by atoms with Crippen molar-refractivity contribution in [1.82, 2.24) is 0 Å². The lowest BCUT2D eigenvalue weighted by atomic mass is 10.1. The molecule has 100 valence electrons. The first-order valence-electron chi connectivity index (χ1n) is 5.89. The largest absolute Gasteiger partial charge is 0.456 e. The van der Waals surface area contributed by atoms with E-state index in [1.807, 2.05) is 43.3 Å². The van der Waals surface area contributed by atoms with Gasteiger partial charge in [0.15, 0.2) is 0 Å². The molecular weight excluding hydrogens is 372 g/mol. The third kappa shape index (κ3) is 3.59. The predicted octanol–water partition coefficient (Wildman–Crippen LogP) is 5.37. The number of rotatable bonds is 3. The van der Waals surface area contributed by atoms with E-state index in [4.69, 9.17) is 4.74 Å². The molecule has 2 aromatic rings. The van der Waals surface area contributed by atoms with Gasteiger partial charge in [-0.25, -0.2) is 0 Å². The number of aliphatic hydroxyl groups excluding tert-OH is 1. The summed E-state index contributed by atoms with van der Waals surface area (Å²) in [5.41, 5.74) is 1.91. The van der Waals surface area contributed by atoms with E-state index in [9.17, 15) is 5.11 Å². The number of halogens is 2. The van der Waals surface area contributed by atoms with Crippen LogP contribution in [0.2, 0.25) is 0 Å². The highest BCUT2D eigenvalue weighted by atomic mass is 79.9. The van der Waals surface area contributed by atoms with Crippen molar-refractivity contribution in [3.63, 3.8) is 0 Å². The highest BCUT2D eigenvalue weighted by molar-refractivity contribution is 9.10. The van der Waals surface area contributed by atoms with Gasteiger partial charge in [0.05, 0.1) is 10.6 Å². The van der Waals surface area contributed by atoms with Gasteiger partial charge in [0, 0.05) is 4.47 Å². The Labute approximate surface area is 129 Å². The second-order valence-corrected chi connectivity index (χ2v) is 6.15. The van der Waals surface area contributed by atoms with Crippen molar-refractivity contribution >= 4 is 31.9 Å². The number of benzene rings is 2. The van der Waals surface area contributed by atoms with E-state index in [-0.39, 0.29) is 0 Å². The molecule has 19 heavy (non-hydrogen) atoms. The zero-order valence-corrected chi connectivity index (χ0v) is 13.8. The van der Waals surface area contributed by atoms with Gasteiger partial charge in [-0.05, 0) is 71.2 Å². The highest BCUT2D eigenvalue weighted by Crippen LogP contribution is 2.34. The Morgan fingerprint density at radius 3 is 2.32 bits per heavy atom. The molecule has 0 radical (unpaired) electrons. The summed E-state index contributed by atoms with van der Waals surface area (Å²) in [4.78, 5) is 0. The molecule has 0 bridgehead atoms. The monoisotopic (exact) mass is 384 g/mol. The first kappa shape index (κ1) is 14.6. The second kappa shape index (κ2) is 6.07. The van der Waals surface area contributed by atoms with Gasteiger partial charge >= 0.3 is 0 Å². The van der Waals surface area contributed by atoms with Crippen LogP contribution in [0.4, 0.5) is 0 Å². The molecule has 0 aliphatic heterocycles. The van der Waals surface area contributed by atoms with Gasteiger partial charge in [-0.15, -0.1) is 0 Å². The minimum Gasteiger partial charge on any atom is -0.456 e. The molecule has 2 rings (SSSR count). The molecule has 0 aliphatic rings. The Morgan fingerprint density at radius 2 is 1.74 bits per heavy atom. The van der Waals surface area contributed by atoms with Gasteiger partial charge in [0.25, 0.3) is 0 Å². The molecule has 4 heteroatoms. The topological polar surface area (TPSA) is 29.5 Å². The SMILES string of the molecule is Cc1cc(Br)ccc1Oc1ccc([C@H](C)O)cc1Br. The standard InChI is InChI=1S/C15H14Br2O2/c1-9-7-12(16)4-6-14(9)19-15-5-3-11(10(2)18)8-13(15)17/h3-8,10,18H,1-2H3/t10-/m0/s1. The lowest BCUT2D eigenvalue weighted by molar-refractivity contribution is 0.199. The second-order valence-electron chi connectivity index (χ2n) is 4.38. The molecule has 0 spiro atoms. The molecule has 1 atom stereocenters. The number of aryl methyl sites for hydroxylation is 1. The maximum absolute atomic E-state index is 9.54. The molecule has 2 aromatic carbocycles. The van der Waals surface area contributed by atoms with Crippen LogP contribution in [0.3, 0.4) is 0 Å². The van der Waals surface area contributed by atoms with Gasteiger partial charge in [0.2, 0.25) is 0 Å². The Kier molecular flexibility index (Phi) is 4.66. The smallest absolute Gasteiger partial charge is 0.141 e. The van der Waals surface area contributed by atoms with Crippen LogP contribution < -0.4 is 4.74 Å². The fraction of sp³-hybridized carbons (Fsp3) is 0.200. The average Bonchev–Trinajstić information content (AvgIpc) is 2.34. The summed E-state index contributed by atoms with van der Waals surface area (Å²) in [6, 6.07) is 11.5. The van der Waals surface area contributed by atoms with Crippen LogP contribution in [0.1, 0.15) is 24.2 Å². The van der Waals surface area contributed by atoms with Gasteiger partial charge in [-0.1, -0.05) is 22.0 Å². The molecule has 0 aromatic heterocycles. The minimum absolute atomic E-state index is 0.486. The number of hydrogen-bond acceptors (Lipinski definition) is 2. The van der Waals surface area contributed by atoms with Crippen molar-refractivity contribution in [2.45, 2.75) is 20.0 Å². The van der Waals surface area contributed by atoms with Gasteiger partial charge in [0.1, 0.15) is 11.5 Å². The van der Waals surface area contributed by atoms with E-state index in [0.717, 1.165) is 31.6 Å². The van der Waals surface area contributed by atoms with Crippen LogP contribution in [0.25, 0.3) is 0 Å². The molecule has 1 N–H and O–H groups in total. The molecule has 0 saturated carbocycles. The summed E-state index contributed by atoms with van der Waals surface area (Å²) in [6.07, 6.45) is -0.486. The Bertz CT molecular complexity index is 595. The normalized spacial score (nSPS) is 12.3. The number of hydrogen-bond donors (Lipinski definition) is 1. The van der Waals surface area contributed by atoms with Crippen LogP contribution >= 0.6 is 31.9 Å². The lowest BCUT2D eigenvalue weighted by Crippen LogP contribution is -1.93. The first-order chi connectivity index (χ1) is 8.97. The van der Waals surface area contributed by atoms with Crippen molar-refractivity contribution in [2.75, 3.05) is 0 Å². The molecule has 0 unspecified atom stereocenters. The van der Waals surface area contributed by atoms with Crippen LogP contribution in [0, 0.1) is 6.92 Å². The Morgan fingerprint density at radius 1 is 1.05 bits per heavy atom.